The van der Waals surface area contributed by atoms with Crippen LogP contribution in [-0.4, -0.2) is 6.54 Å². The molecule has 1 atom stereocenters. The van der Waals surface area contributed by atoms with Gasteiger partial charge in [0.2, 0.25) is 0 Å². The normalized spacial score (nSPS) is 13.8. The SMILES string of the molecule is CCC(C)(C)CNC(C)c1ccc(Cl)c(F)c1. The number of hydrogen-bond donors (Lipinski definition) is 1. The molecule has 3 heteroatoms. The molecule has 1 rings (SSSR count). The average molecular weight is 258 g/mol. The van der Waals surface area contributed by atoms with E-state index >= 15 is 0 Å². The maximum absolute atomic E-state index is 13.3. The summed E-state index contributed by atoms with van der Waals surface area (Å²) in [5, 5.41) is 3.60. The predicted molar refractivity (Wildman–Crippen MR) is 71.9 cm³/mol. The van der Waals surface area contributed by atoms with Crippen molar-refractivity contribution >= 4 is 11.6 Å². The molecule has 0 saturated carbocycles. The van der Waals surface area contributed by atoms with Gasteiger partial charge in [0.15, 0.2) is 0 Å². The number of nitrogens with one attached hydrogen (secondary N) is 1. The highest BCUT2D eigenvalue weighted by Gasteiger charge is 2.16. The van der Waals surface area contributed by atoms with Crippen molar-refractivity contribution in [3.05, 3.63) is 34.6 Å². The van der Waals surface area contributed by atoms with E-state index in [4.69, 9.17) is 11.6 Å². The van der Waals surface area contributed by atoms with E-state index in [2.05, 4.69) is 26.1 Å². The quantitative estimate of drug-likeness (QED) is 0.815. The maximum Gasteiger partial charge on any atom is 0.142 e. The molecule has 0 amide bonds. The van der Waals surface area contributed by atoms with Crippen molar-refractivity contribution in [2.75, 3.05) is 6.54 Å². The van der Waals surface area contributed by atoms with Crippen molar-refractivity contribution in [2.45, 2.75) is 40.2 Å². The largest absolute Gasteiger partial charge is 0.310 e. The summed E-state index contributed by atoms with van der Waals surface area (Å²) < 4.78 is 13.3. The summed E-state index contributed by atoms with van der Waals surface area (Å²) in [6.45, 7) is 9.56. The smallest absolute Gasteiger partial charge is 0.142 e. The molecule has 0 aliphatic rings. The zero-order valence-electron chi connectivity index (χ0n) is 11.0. The Balaban J connectivity index is 2.64. The van der Waals surface area contributed by atoms with Crippen molar-refractivity contribution in [1.82, 2.24) is 5.32 Å². The van der Waals surface area contributed by atoms with E-state index in [1.54, 1.807) is 6.07 Å². The van der Waals surface area contributed by atoms with Crippen LogP contribution in [0.3, 0.4) is 0 Å². The van der Waals surface area contributed by atoms with E-state index in [-0.39, 0.29) is 22.3 Å². The van der Waals surface area contributed by atoms with Gasteiger partial charge in [-0.05, 0) is 36.5 Å². The van der Waals surface area contributed by atoms with Crippen LogP contribution in [0.15, 0.2) is 18.2 Å². The molecule has 0 bridgehead atoms. The van der Waals surface area contributed by atoms with Crippen LogP contribution in [0.25, 0.3) is 0 Å². The first-order valence-electron chi connectivity index (χ1n) is 6.04. The number of benzene rings is 1. The lowest BCUT2D eigenvalue weighted by atomic mass is 9.90. The van der Waals surface area contributed by atoms with Crippen molar-refractivity contribution in [3.63, 3.8) is 0 Å². The molecule has 1 N–H and O–H groups in total. The van der Waals surface area contributed by atoms with Crippen molar-refractivity contribution < 1.29 is 4.39 Å². The molecule has 1 aromatic rings. The van der Waals surface area contributed by atoms with Crippen LogP contribution in [0.2, 0.25) is 5.02 Å². The maximum atomic E-state index is 13.3. The third-order valence-electron chi connectivity index (χ3n) is 3.29. The summed E-state index contributed by atoms with van der Waals surface area (Å²) in [6.07, 6.45) is 1.11. The highest BCUT2D eigenvalue weighted by Crippen LogP contribution is 2.22. The lowest BCUT2D eigenvalue weighted by Gasteiger charge is -2.26. The third kappa shape index (κ3) is 4.29. The van der Waals surface area contributed by atoms with E-state index < -0.39 is 0 Å². The molecule has 0 heterocycles. The second kappa shape index (κ2) is 5.83. The van der Waals surface area contributed by atoms with Gasteiger partial charge in [0.25, 0.3) is 0 Å². The van der Waals surface area contributed by atoms with Gasteiger partial charge in [0, 0.05) is 12.6 Å². The van der Waals surface area contributed by atoms with Gasteiger partial charge < -0.3 is 5.32 Å². The van der Waals surface area contributed by atoms with Gasteiger partial charge in [-0.25, -0.2) is 4.39 Å². The summed E-state index contributed by atoms with van der Waals surface area (Å²) in [5.41, 5.74) is 1.19. The van der Waals surface area contributed by atoms with E-state index in [1.165, 1.54) is 6.07 Å². The lowest BCUT2D eigenvalue weighted by Crippen LogP contribution is -2.30. The zero-order valence-corrected chi connectivity index (χ0v) is 11.7. The number of hydrogen-bond acceptors (Lipinski definition) is 1. The molecule has 1 nitrogen and oxygen atoms in total. The third-order valence-corrected chi connectivity index (χ3v) is 3.59. The molecule has 0 spiro atoms. The van der Waals surface area contributed by atoms with Crippen LogP contribution in [0.5, 0.6) is 0 Å². The van der Waals surface area contributed by atoms with Gasteiger partial charge in [-0.1, -0.05) is 38.4 Å². The monoisotopic (exact) mass is 257 g/mol. The Hall–Kier alpha value is -0.600. The zero-order chi connectivity index (χ0) is 13.1. The molecule has 1 aromatic carbocycles. The number of halogens is 2. The molecular formula is C14H21ClFN. The molecular weight excluding hydrogens is 237 g/mol. The molecule has 1 unspecified atom stereocenters. The first kappa shape index (κ1) is 14.5. The summed E-state index contributed by atoms with van der Waals surface area (Å²) in [6, 6.07) is 5.10. The first-order valence-corrected chi connectivity index (χ1v) is 6.42. The highest BCUT2D eigenvalue weighted by atomic mass is 35.5. The van der Waals surface area contributed by atoms with Crippen LogP contribution < -0.4 is 5.32 Å². The van der Waals surface area contributed by atoms with Gasteiger partial charge in [-0.2, -0.15) is 0 Å². The van der Waals surface area contributed by atoms with E-state index in [0.717, 1.165) is 18.5 Å². The summed E-state index contributed by atoms with van der Waals surface area (Å²) in [4.78, 5) is 0. The lowest BCUT2D eigenvalue weighted by molar-refractivity contribution is 0.313. The summed E-state index contributed by atoms with van der Waals surface area (Å²) in [5.74, 6) is -0.354. The van der Waals surface area contributed by atoms with Crippen LogP contribution in [-0.2, 0) is 0 Å². The van der Waals surface area contributed by atoms with E-state index in [1.807, 2.05) is 13.0 Å². The fourth-order valence-corrected chi connectivity index (χ4v) is 1.57. The van der Waals surface area contributed by atoms with Gasteiger partial charge in [-0.3, -0.25) is 0 Å². The molecule has 96 valence electrons. The molecule has 0 saturated heterocycles. The topological polar surface area (TPSA) is 12.0 Å². The van der Waals surface area contributed by atoms with Crippen LogP contribution >= 0.6 is 11.6 Å². The van der Waals surface area contributed by atoms with Crippen molar-refractivity contribution in [2.24, 2.45) is 5.41 Å². The fraction of sp³-hybridized carbons (Fsp3) is 0.571. The summed E-state index contributed by atoms with van der Waals surface area (Å²) >= 11 is 5.66. The summed E-state index contributed by atoms with van der Waals surface area (Å²) in [7, 11) is 0. The molecule has 0 radical (unpaired) electrons. The first-order chi connectivity index (χ1) is 7.85. The number of rotatable bonds is 5. The van der Waals surface area contributed by atoms with Gasteiger partial charge in [-0.15, -0.1) is 0 Å². The van der Waals surface area contributed by atoms with Gasteiger partial charge >= 0.3 is 0 Å². The Morgan fingerprint density at radius 2 is 2.06 bits per heavy atom. The standard InChI is InChI=1S/C14H21ClFN/c1-5-14(3,4)9-17-10(2)11-6-7-12(15)13(16)8-11/h6-8,10,17H,5,9H2,1-4H3. The minimum Gasteiger partial charge on any atom is -0.310 e. The van der Waals surface area contributed by atoms with Crippen molar-refractivity contribution in [3.8, 4) is 0 Å². The Kier molecular flexibility index (Phi) is 4.96. The molecule has 17 heavy (non-hydrogen) atoms. The Morgan fingerprint density at radius 3 is 2.59 bits per heavy atom. The molecule has 0 aliphatic heterocycles. The van der Waals surface area contributed by atoms with Crippen molar-refractivity contribution in [1.29, 1.82) is 0 Å². The Labute approximate surface area is 108 Å². The predicted octanol–water partition coefficient (Wildman–Crippen LogP) is 4.57. The van der Waals surface area contributed by atoms with Crippen LogP contribution in [0.1, 0.15) is 45.7 Å². The average Bonchev–Trinajstić information content (AvgIpc) is 2.30. The highest BCUT2D eigenvalue weighted by molar-refractivity contribution is 6.30. The van der Waals surface area contributed by atoms with E-state index in [9.17, 15) is 4.39 Å². The minimum atomic E-state index is -0.354. The molecule has 0 aromatic heterocycles. The van der Waals surface area contributed by atoms with Gasteiger partial charge in [0.1, 0.15) is 5.82 Å². The van der Waals surface area contributed by atoms with E-state index in [0.29, 0.717) is 0 Å². The fourth-order valence-electron chi connectivity index (χ4n) is 1.45. The van der Waals surface area contributed by atoms with Gasteiger partial charge in [0.05, 0.1) is 5.02 Å². The second-order valence-electron chi connectivity index (χ2n) is 5.29. The molecule has 0 fully saturated rings. The Morgan fingerprint density at radius 1 is 1.41 bits per heavy atom. The Bertz CT molecular complexity index is 376. The molecule has 0 aliphatic carbocycles. The van der Waals surface area contributed by atoms with Crippen LogP contribution in [0, 0.1) is 11.2 Å². The van der Waals surface area contributed by atoms with Crippen LogP contribution in [0.4, 0.5) is 4.39 Å². The minimum absolute atomic E-state index is 0.132. The second-order valence-corrected chi connectivity index (χ2v) is 5.70.